The molecule has 2 aromatic heterocycles. The maximum Gasteiger partial charge on any atom is 0.453 e. The molecular weight excluding hydrogens is 545 g/mol. The Morgan fingerprint density at radius 2 is 1.69 bits per heavy atom. The van der Waals surface area contributed by atoms with Crippen LogP contribution in [0.15, 0.2) is 54.6 Å². The van der Waals surface area contributed by atoms with Crippen molar-refractivity contribution in [3.05, 3.63) is 77.2 Å². The summed E-state index contributed by atoms with van der Waals surface area (Å²) < 4.78 is 42.3. The second-order valence-corrected chi connectivity index (χ2v) is 10.7. The Balaban J connectivity index is 1.34. The van der Waals surface area contributed by atoms with Crippen LogP contribution >= 0.6 is 0 Å². The highest BCUT2D eigenvalue weighted by Crippen LogP contribution is 2.32. The fraction of sp³-hybridized carbons (Fsp3) is 0.367. The van der Waals surface area contributed by atoms with Gasteiger partial charge in [-0.05, 0) is 86.5 Å². The number of anilines is 2. The molecule has 42 heavy (non-hydrogen) atoms. The largest absolute Gasteiger partial charge is 0.453 e. The monoisotopic (exact) mass is 576 g/mol. The van der Waals surface area contributed by atoms with Gasteiger partial charge in [0.1, 0.15) is 0 Å². The van der Waals surface area contributed by atoms with Gasteiger partial charge in [0, 0.05) is 24.3 Å². The molecule has 12 heteroatoms. The normalized spacial score (nSPS) is 17.5. The van der Waals surface area contributed by atoms with Gasteiger partial charge in [-0.15, -0.1) is 15.3 Å². The average Bonchev–Trinajstić information content (AvgIpc) is 3.64. The van der Waals surface area contributed by atoms with Crippen LogP contribution in [0, 0.1) is 0 Å². The number of likely N-dealkylation sites (tertiary alicyclic amines) is 1. The zero-order chi connectivity index (χ0) is 29.3. The number of rotatable bonds is 6. The van der Waals surface area contributed by atoms with E-state index in [2.05, 4.69) is 35.8 Å². The van der Waals surface area contributed by atoms with Crippen LogP contribution in [0.1, 0.15) is 53.1 Å². The van der Waals surface area contributed by atoms with Gasteiger partial charge in [-0.1, -0.05) is 36.4 Å². The lowest BCUT2D eigenvalue weighted by Crippen LogP contribution is -2.32. The third-order valence-electron chi connectivity index (χ3n) is 8.00. The standard InChI is InChI=1S/C30H31F3N8O/c1-34-27(42)26-24(20-7-3-2-4-8-20)18-25(37-38-26)41-29(36-28(39-41)30(31,32)33)35-22-12-9-19-10-13-23(14-11-21(19)17-22)40-15-5-6-16-40/h2-4,7-9,12,17-18,23H,5-6,10-11,13-16H2,1H3,(H,34,42)(H,35,36,39). The molecule has 1 saturated heterocycles. The first kappa shape index (κ1) is 27.8. The van der Waals surface area contributed by atoms with E-state index in [-0.39, 0.29) is 17.5 Å². The Labute approximate surface area is 241 Å². The van der Waals surface area contributed by atoms with Crippen molar-refractivity contribution in [3.8, 4) is 16.9 Å². The third-order valence-corrected chi connectivity index (χ3v) is 8.00. The average molecular weight is 577 g/mol. The Kier molecular flexibility index (Phi) is 7.63. The first-order chi connectivity index (χ1) is 20.3. The number of fused-ring (bicyclic) bond motifs is 1. The van der Waals surface area contributed by atoms with E-state index in [0.29, 0.717) is 22.9 Å². The molecule has 218 valence electrons. The molecule has 0 radical (unpaired) electrons. The van der Waals surface area contributed by atoms with Gasteiger partial charge in [-0.2, -0.15) is 22.8 Å². The highest BCUT2D eigenvalue weighted by Gasteiger charge is 2.38. The first-order valence-corrected chi connectivity index (χ1v) is 14.1. The summed E-state index contributed by atoms with van der Waals surface area (Å²) in [5, 5.41) is 17.4. The van der Waals surface area contributed by atoms with Crippen LogP contribution in [-0.4, -0.2) is 61.9 Å². The summed E-state index contributed by atoms with van der Waals surface area (Å²) in [6.07, 6.45) is 1.77. The van der Waals surface area contributed by atoms with Crippen LogP contribution in [0.5, 0.6) is 0 Å². The summed E-state index contributed by atoms with van der Waals surface area (Å²) in [6.45, 7) is 2.31. The quantitative estimate of drug-likeness (QED) is 0.305. The molecule has 9 nitrogen and oxygen atoms in total. The van der Waals surface area contributed by atoms with E-state index in [1.165, 1.54) is 37.1 Å². The van der Waals surface area contributed by atoms with Crippen molar-refractivity contribution in [2.75, 3.05) is 25.5 Å². The molecule has 2 N–H and O–H groups in total. The summed E-state index contributed by atoms with van der Waals surface area (Å²) in [7, 11) is 1.47. The number of nitrogens with one attached hydrogen (secondary N) is 2. The molecule has 0 saturated carbocycles. The minimum atomic E-state index is -4.78. The van der Waals surface area contributed by atoms with Crippen molar-refractivity contribution in [1.29, 1.82) is 0 Å². The second-order valence-electron chi connectivity index (χ2n) is 10.7. The summed E-state index contributed by atoms with van der Waals surface area (Å²) in [4.78, 5) is 18.9. The number of hydrogen-bond donors (Lipinski definition) is 2. The molecule has 1 atom stereocenters. The van der Waals surface area contributed by atoms with Gasteiger partial charge in [-0.3, -0.25) is 4.79 Å². The van der Waals surface area contributed by atoms with E-state index < -0.39 is 17.9 Å². The molecule has 0 bridgehead atoms. The van der Waals surface area contributed by atoms with E-state index in [9.17, 15) is 18.0 Å². The van der Waals surface area contributed by atoms with Crippen LogP contribution in [-0.2, 0) is 19.0 Å². The molecule has 3 heterocycles. The molecular formula is C30H31F3N8O. The van der Waals surface area contributed by atoms with Gasteiger partial charge in [0.2, 0.25) is 5.95 Å². The maximum atomic E-state index is 13.8. The smallest absolute Gasteiger partial charge is 0.354 e. The van der Waals surface area contributed by atoms with Crippen molar-refractivity contribution in [1.82, 2.24) is 35.2 Å². The van der Waals surface area contributed by atoms with Crippen molar-refractivity contribution in [2.45, 2.75) is 50.7 Å². The highest BCUT2D eigenvalue weighted by molar-refractivity contribution is 5.98. The maximum absolute atomic E-state index is 13.8. The van der Waals surface area contributed by atoms with E-state index in [1.54, 1.807) is 24.3 Å². The Bertz CT molecular complexity index is 1580. The van der Waals surface area contributed by atoms with Gasteiger partial charge < -0.3 is 15.5 Å². The summed E-state index contributed by atoms with van der Waals surface area (Å²) in [5.74, 6) is -1.97. The Morgan fingerprint density at radius 3 is 2.40 bits per heavy atom. The van der Waals surface area contributed by atoms with Gasteiger partial charge in [-0.25, -0.2) is 0 Å². The van der Waals surface area contributed by atoms with E-state index in [1.807, 2.05) is 24.3 Å². The molecule has 2 aromatic carbocycles. The van der Waals surface area contributed by atoms with E-state index in [4.69, 9.17) is 0 Å². The number of halogens is 3. The van der Waals surface area contributed by atoms with E-state index >= 15 is 0 Å². The van der Waals surface area contributed by atoms with Crippen molar-refractivity contribution >= 4 is 17.5 Å². The Hall–Kier alpha value is -4.32. The number of benzene rings is 2. The summed E-state index contributed by atoms with van der Waals surface area (Å²) in [5.41, 5.74) is 4.14. The topological polar surface area (TPSA) is 101 Å². The molecule has 6 rings (SSSR count). The number of hydrogen-bond acceptors (Lipinski definition) is 7. The lowest BCUT2D eigenvalue weighted by molar-refractivity contribution is -0.144. The fourth-order valence-corrected chi connectivity index (χ4v) is 5.85. The van der Waals surface area contributed by atoms with Gasteiger partial charge in [0.05, 0.1) is 0 Å². The summed E-state index contributed by atoms with van der Waals surface area (Å²) >= 11 is 0. The zero-order valence-corrected chi connectivity index (χ0v) is 23.2. The van der Waals surface area contributed by atoms with Crippen molar-refractivity contribution in [3.63, 3.8) is 0 Å². The molecule has 4 aromatic rings. The SMILES string of the molecule is CNC(=O)c1nnc(-n2nc(C(F)(F)F)nc2Nc2ccc3c(c2)CCC(N2CCCC2)CC3)cc1-c1ccccc1. The van der Waals surface area contributed by atoms with E-state index in [0.717, 1.165) is 43.5 Å². The number of aromatic nitrogens is 5. The fourth-order valence-electron chi connectivity index (χ4n) is 5.85. The predicted molar refractivity (Wildman–Crippen MR) is 152 cm³/mol. The lowest BCUT2D eigenvalue weighted by Gasteiger charge is -2.25. The van der Waals surface area contributed by atoms with Crippen LogP contribution in [0.3, 0.4) is 0 Å². The minimum Gasteiger partial charge on any atom is -0.354 e. The number of carbonyl (C=O) groups excluding carboxylic acids is 1. The number of carbonyl (C=O) groups is 1. The lowest BCUT2D eigenvalue weighted by atomic mass is 10.0. The van der Waals surface area contributed by atoms with Crippen LogP contribution < -0.4 is 10.6 Å². The zero-order valence-electron chi connectivity index (χ0n) is 23.2. The molecule has 1 aliphatic carbocycles. The minimum absolute atomic E-state index is 0.0183. The molecule has 1 unspecified atom stereocenters. The molecule has 1 aliphatic heterocycles. The number of alkyl halides is 3. The number of aryl methyl sites for hydroxylation is 2. The molecule has 0 spiro atoms. The van der Waals surface area contributed by atoms with Gasteiger partial charge in [0.15, 0.2) is 11.5 Å². The predicted octanol–water partition coefficient (Wildman–Crippen LogP) is 5.19. The van der Waals surface area contributed by atoms with Crippen LogP contribution in [0.2, 0.25) is 0 Å². The highest BCUT2D eigenvalue weighted by atomic mass is 19.4. The first-order valence-electron chi connectivity index (χ1n) is 14.1. The number of nitrogens with zero attached hydrogens (tertiary/aromatic N) is 6. The third kappa shape index (κ3) is 5.71. The second kappa shape index (κ2) is 11.5. The van der Waals surface area contributed by atoms with Crippen molar-refractivity contribution in [2.24, 2.45) is 0 Å². The molecule has 1 fully saturated rings. The Morgan fingerprint density at radius 1 is 0.952 bits per heavy atom. The van der Waals surface area contributed by atoms with Crippen LogP contribution in [0.4, 0.5) is 24.8 Å². The van der Waals surface area contributed by atoms with Gasteiger partial charge >= 0.3 is 6.18 Å². The number of amides is 1. The molecule has 2 aliphatic rings. The van der Waals surface area contributed by atoms with Crippen molar-refractivity contribution < 1.29 is 18.0 Å². The summed E-state index contributed by atoms with van der Waals surface area (Å²) in [6, 6.07) is 16.9. The van der Waals surface area contributed by atoms with Gasteiger partial charge in [0.25, 0.3) is 11.7 Å². The van der Waals surface area contributed by atoms with Crippen LogP contribution in [0.25, 0.3) is 16.9 Å². The molecule has 1 amide bonds.